The van der Waals surface area contributed by atoms with E-state index in [0.29, 0.717) is 19.8 Å². The molecule has 1 aliphatic rings. The number of carbonyl (C=O) groups excluding carboxylic acids is 1. The molecule has 6 rings (SSSR count). The van der Waals surface area contributed by atoms with Crippen molar-refractivity contribution < 1.29 is 9.53 Å². The standard InChI is InChI=1S/C23H23N7O2S/c1-29(21(31)13-30-4-6-32-7-5-30)22-10-18-20(33-22)9-19(26-18)23-16-3-2-14(8-17(16)27-28-23)15-11-24-25-12-15/h2-3,8-12,26H,4-7,13H2,1H3,(H,24,25)(H,27,28). The molecule has 33 heavy (non-hydrogen) atoms. The number of amides is 1. The zero-order valence-electron chi connectivity index (χ0n) is 18.1. The number of carbonyl (C=O) groups is 1. The number of hydrogen-bond donors (Lipinski definition) is 3. The summed E-state index contributed by atoms with van der Waals surface area (Å²) in [5, 5.41) is 16.6. The fourth-order valence-corrected chi connectivity index (χ4v) is 5.23. The molecule has 0 spiro atoms. The fraction of sp³-hybridized carbons (Fsp3) is 0.261. The quantitative estimate of drug-likeness (QED) is 0.372. The summed E-state index contributed by atoms with van der Waals surface area (Å²) < 4.78 is 6.46. The predicted octanol–water partition coefficient (Wildman–Crippen LogP) is 3.46. The molecular formula is C23H23N7O2S. The Bertz CT molecular complexity index is 1390. The molecule has 3 N–H and O–H groups in total. The van der Waals surface area contributed by atoms with Gasteiger partial charge in [0, 0.05) is 37.3 Å². The van der Waals surface area contributed by atoms with E-state index in [1.807, 2.05) is 19.3 Å². The van der Waals surface area contributed by atoms with E-state index in [0.717, 1.165) is 61.7 Å². The molecule has 1 aromatic carbocycles. The normalized spacial score (nSPS) is 14.9. The van der Waals surface area contributed by atoms with Crippen LogP contribution in [0.5, 0.6) is 0 Å². The van der Waals surface area contributed by atoms with Crippen molar-refractivity contribution in [2.45, 2.75) is 0 Å². The van der Waals surface area contributed by atoms with Crippen molar-refractivity contribution in [2.24, 2.45) is 0 Å². The van der Waals surface area contributed by atoms with Crippen LogP contribution < -0.4 is 4.90 Å². The number of aromatic nitrogens is 5. The largest absolute Gasteiger partial charge is 0.379 e. The molecule has 168 valence electrons. The Balaban J connectivity index is 1.24. The number of nitrogens with one attached hydrogen (secondary N) is 3. The summed E-state index contributed by atoms with van der Waals surface area (Å²) in [5.41, 5.74) is 5.91. The van der Waals surface area contributed by atoms with E-state index in [9.17, 15) is 4.79 Å². The van der Waals surface area contributed by atoms with Gasteiger partial charge in [-0.05, 0) is 29.8 Å². The van der Waals surface area contributed by atoms with Gasteiger partial charge < -0.3 is 14.6 Å². The summed E-state index contributed by atoms with van der Waals surface area (Å²) >= 11 is 1.60. The third-order valence-electron chi connectivity index (χ3n) is 6.11. The first-order chi connectivity index (χ1) is 16.2. The number of anilines is 1. The van der Waals surface area contributed by atoms with Gasteiger partial charge in [-0.25, -0.2) is 0 Å². The molecule has 0 saturated carbocycles. The minimum atomic E-state index is 0.0905. The van der Waals surface area contributed by atoms with Crippen LogP contribution in [0.3, 0.4) is 0 Å². The highest BCUT2D eigenvalue weighted by Gasteiger charge is 2.20. The van der Waals surface area contributed by atoms with Crippen LogP contribution in [0.25, 0.3) is 43.6 Å². The molecule has 1 aliphatic heterocycles. The van der Waals surface area contributed by atoms with Gasteiger partial charge in [-0.3, -0.25) is 19.9 Å². The van der Waals surface area contributed by atoms with Gasteiger partial charge >= 0.3 is 0 Å². The lowest BCUT2D eigenvalue weighted by molar-refractivity contribution is -0.120. The van der Waals surface area contributed by atoms with Crippen molar-refractivity contribution in [3.8, 4) is 22.5 Å². The molecule has 0 radical (unpaired) electrons. The number of rotatable bonds is 5. The highest BCUT2D eigenvalue weighted by atomic mass is 32.1. The summed E-state index contributed by atoms with van der Waals surface area (Å²) in [5.74, 6) is 0.0905. The maximum Gasteiger partial charge on any atom is 0.241 e. The van der Waals surface area contributed by atoms with E-state index in [2.05, 4.69) is 54.5 Å². The number of H-pyrrole nitrogens is 3. The fourth-order valence-electron chi connectivity index (χ4n) is 4.19. The maximum atomic E-state index is 12.7. The SMILES string of the molecule is CN(C(=O)CN1CCOCC1)c1cc2[nH]c(-c3n[nH]c4cc(-c5cn[nH]c5)ccc34)cc2s1. The average Bonchev–Trinajstić information content (AvgIpc) is 3.61. The number of likely N-dealkylation sites (N-methyl/N-ethyl adjacent to an activating group) is 1. The van der Waals surface area contributed by atoms with Gasteiger partial charge in [-0.2, -0.15) is 10.2 Å². The summed E-state index contributed by atoms with van der Waals surface area (Å²) in [6.45, 7) is 3.39. The minimum Gasteiger partial charge on any atom is -0.379 e. The number of nitrogens with zero attached hydrogens (tertiary/aromatic N) is 4. The molecule has 1 saturated heterocycles. The molecule has 1 fully saturated rings. The molecule has 1 amide bonds. The summed E-state index contributed by atoms with van der Waals surface area (Å²) in [7, 11) is 1.84. The monoisotopic (exact) mass is 461 g/mol. The molecular weight excluding hydrogens is 438 g/mol. The van der Waals surface area contributed by atoms with E-state index in [-0.39, 0.29) is 5.91 Å². The highest BCUT2D eigenvalue weighted by molar-refractivity contribution is 7.23. The number of hydrogen-bond acceptors (Lipinski definition) is 6. The molecule has 5 heterocycles. The van der Waals surface area contributed by atoms with Gasteiger partial charge in [0.2, 0.25) is 5.91 Å². The first-order valence-corrected chi connectivity index (χ1v) is 11.6. The smallest absolute Gasteiger partial charge is 0.241 e. The van der Waals surface area contributed by atoms with Gasteiger partial charge in [-0.1, -0.05) is 6.07 Å². The lowest BCUT2D eigenvalue weighted by Crippen LogP contribution is -2.43. The number of aromatic amines is 3. The maximum absolute atomic E-state index is 12.7. The van der Waals surface area contributed by atoms with Crippen molar-refractivity contribution in [1.82, 2.24) is 30.3 Å². The number of thiophene rings is 1. The molecule has 9 nitrogen and oxygen atoms in total. The van der Waals surface area contributed by atoms with Gasteiger partial charge in [-0.15, -0.1) is 11.3 Å². The van der Waals surface area contributed by atoms with Crippen LogP contribution in [0.15, 0.2) is 42.7 Å². The van der Waals surface area contributed by atoms with Crippen molar-refractivity contribution in [1.29, 1.82) is 0 Å². The summed E-state index contributed by atoms with van der Waals surface area (Å²) in [6, 6.07) is 10.4. The predicted molar refractivity (Wildman–Crippen MR) is 130 cm³/mol. The Hall–Kier alpha value is -3.47. The lowest BCUT2D eigenvalue weighted by Gasteiger charge is -2.27. The number of ether oxygens (including phenoxy) is 1. The van der Waals surface area contributed by atoms with Crippen molar-refractivity contribution in [3.05, 3.63) is 42.7 Å². The molecule has 0 bridgehead atoms. The first-order valence-electron chi connectivity index (χ1n) is 10.8. The Morgan fingerprint density at radius 2 is 2.06 bits per heavy atom. The molecule has 4 aromatic heterocycles. The van der Waals surface area contributed by atoms with Crippen LogP contribution in [0.2, 0.25) is 0 Å². The first kappa shape index (κ1) is 20.2. The minimum absolute atomic E-state index is 0.0905. The summed E-state index contributed by atoms with van der Waals surface area (Å²) in [6.07, 6.45) is 3.68. The molecule has 10 heteroatoms. The van der Waals surface area contributed by atoms with Crippen LogP contribution in [0.4, 0.5) is 5.00 Å². The zero-order chi connectivity index (χ0) is 22.4. The molecule has 0 atom stereocenters. The molecule has 5 aromatic rings. The van der Waals surface area contributed by atoms with Gasteiger partial charge in [0.1, 0.15) is 10.7 Å². The van der Waals surface area contributed by atoms with Gasteiger partial charge in [0.05, 0.1) is 47.4 Å². The molecule has 0 unspecified atom stereocenters. The van der Waals surface area contributed by atoms with E-state index in [4.69, 9.17) is 4.74 Å². The second kappa shape index (κ2) is 8.14. The van der Waals surface area contributed by atoms with Crippen molar-refractivity contribution in [2.75, 3.05) is 44.8 Å². The van der Waals surface area contributed by atoms with E-state index in [1.54, 1.807) is 22.4 Å². The van der Waals surface area contributed by atoms with Crippen LogP contribution in [0, 0.1) is 0 Å². The third-order valence-corrected chi connectivity index (χ3v) is 7.27. The third kappa shape index (κ3) is 3.71. The topological polar surface area (TPSA) is 106 Å². The Labute approximate surface area is 193 Å². The average molecular weight is 462 g/mol. The summed E-state index contributed by atoms with van der Waals surface area (Å²) in [4.78, 5) is 20.1. The second-order valence-corrected chi connectivity index (χ2v) is 9.27. The Kier molecular flexibility index (Phi) is 4.97. The Morgan fingerprint density at radius 3 is 2.85 bits per heavy atom. The van der Waals surface area contributed by atoms with Crippen LogP contribution in [-0.4, -0.2) is 76.1 Å². The molecule has 0 aliphatic carbocycles. The van der Waals surface area contributed by atoms with E-state index >= 15 is 0 Å². The van der Waals surface area contributed by atoms with Crippen LogP contribution in [0.1, 0.15) is 0 Å². The highest BCUT2D eigenvalue weighted by Crippen LogP contribution is 2.36. The second-order valence-electron chi connectivity index (χ2n) is 8.21. The lowest BCUT2D eigenvalue weighted by atomic mass is 10.1. The number of benzene rings is 1. The Morgan fingerprint density at radius 1 is 1.18 bits per heavy atom. The van der Waals surface area contributed by atoms with Crippen molar-refractivity contribution in [3.63, 3.8) is 0 Å². The van der Waals surface area contributed by atoms with Crippen LogP contribution >= 0.6 is 11.3 Å². The number of morpholine rings is 1. The van der Waals surface area contributed by atoms with Gasteiger partial charge in [0.15, 0.2) is 0 Å². The van der Waals surface area contributed by atoms with Crippen LogP contribution in [-0.2, 0) is 9.53 Å². The number of fused-ring (bicyclic) bond motifs is 2. The van der Waals surface area contributed by atoms with E-state index < -0.39 is 0 Å². The van der Waals surface area contributed by atoms with E-state index in [1.165, 1.54) is 0 Å². The zero-order valence-corrected chi connectivity index (χ0v) is 18.9. The van der Waals surface area contributed by atoms with Gasteiger partial charge in [0.25, 0.3) is 0 Å². The van der Waals surface area contributed by atoms with Crippen molar-refractivity contribution >= 4 is 43.4 Å².